The van der Waals surface area contributed by atoms with Gasteiger partial charge < -0.3 is 4.90 Å². The van der Waals surface area contributed by atoms with Crippen LogP contribution in [0.4, 0.5) is 17.1 Å². The first-order valence-electron chi connectivity index (χ1n) is 21.1. The first-order chi connectivity index (χ1) is 29.4. The molecule has 60 heavy (non-hydrogen) atoms. The maximum Gasteiger partial charge on any atom is 0.0468 e. The molecule has 0 heterocycles. The average molecular weight is 768 g/mol. The Morgan fingerprint density at radius 2 is 0.783 bits per heavy atom. The molecule has 1 atom stereocenters. The molecule has 11 rings (SSSR count). The minimum absolute atomic E-state index is 0.132. The molecule has 0 aromatic heterocycles. The summed E-state index contributed by atoms with van der Waals surface area (Å²) in [4.78, 5) is 2.47. The van der Waals surface area contributed by atoms with Crippen molar-refractivity contribution in [1.29, 1.82) is 0 Å². The first kappa shape index (κ1) is 35.9. The van der Waals surface area contributed by atoms with E-state index in [1.54, 1.807) is 0 Å². The second kappa shape index (κ2) is 14.0. The Balaban J connectivity index is 1.14. The van der Waals surface area contributed by atoms with Gasteiger partial charge in [-0.25, -0.2) is 0 Å². The largest absolute Gasteiger partial charge is 0.310 e. The van der Waals surface area contributed by atoms with E-state index < -0.39 is 0 Å². The normalized spacial score (nSPS) is 15.4. The Morgan fingerprint density at radius 1 is 0.300 bits per heavy atom. The van der Waals surface area contributed by atoms with Gasteiger partial charge in [0.15, 0.2) is 0 Å². The number of anilines is 3. The van der Waals surface area contributed by atoms with Crippen molar-refractivity contribution >= 4 is 17.1 Å². The Labute approximate surface area is 353 Å². The lowest BCUT2D eigenvalue weighted by molar-refractivity contribution is 0.662. The van der Waals surface area contributed by atoms with Gasteiger partial charge in [-0.05, 0) is 127 Å². The lowest BCUT2D eigenvalue weighted by atomic mass is 9.74. The molecule has 286 valence electrons. The summed E-state index contributed by atoms with van der Waals surface area (Å²) in [5, 5.41) is 0. The van der Waals surface area contributed by atoms with Crippen LogP contribution in [0.15, 0.2) is 218 Å². The van der Waals surface area contributed by atoms with E-state index in [9.17, 15) is 0 Å². The predicted molar refractivity (Wildman–Crippen MR) is 252 cm³/mol. The highest BCUT2D eigenvalue weighted by atomic mass is 15.1. The highest BCUT2D eigenvalue weighted by Crippen LogP contribution is 2.55. The molecule has 9 aromatic rings. The SMILES string of the molecule is CC1(C)c2ccccc2-c2cccc(-c3cccc(N(c4ccc(-c5ccccc5)c(-c5ccccc5)c4)c4ccc5c(c4)C(C)(c4ccccc4)c4ccccc4-5)c3)c21. The molecule has 0 fully saturated rings. The van der Waals surface area contributed by atoms with Crippen LogP contribution in [0.25, 0.3) is 55.6 Å². The van der Waals surface area contributed by atoms with E-state index in [2.05, 4.69) is 244 Å². The van der Waals surface area contributed by atoms with Crippen molar-refractivity contribution in [3.8, 4) is 55.6 Å². The molecule has 1 unspecified atom stereocenters. The molecule has 0 amide bonds. The zero-order valence-electron chi connectivity index (χ0n) is 34.2. The molecule has 9 aromatic carbocycles. The lowest BCUT2D eigenvalue weighted by Crippen LogP contribution is -2.22. The standard InChI is InChI=1S/C59H45N/c1-58(2)54-31-15-13-28-50(54)52-30-18-29-48(57(52)58)42-23-17-26-44(37-42)60(45-33-35-47(40-19-7-4-8-20-40)53(38-45)41-21-9-5-10-22-41)46-34-36-51-49-27-14-16-32-55(49)59(3,56(51)39-46)43-24-11-6-12-25-43/h4-39H,1-3H3. The van der Waals surface area contributed by atoms with Crippen LogP contribution < -0.4 is 4.90 Å². The summed E-state index contributed by atoms with van der Waals surface area (Å²) in [6.07, 6.45) is 0. The van der Waals surface area contributed by atoms with Crippen LogP contribution in [-0.2, 0) is 10.8 Å². The van der Waals surface area contributed by atoms with Gasteiger partial charge >= 0.3 is 0 Å². The third kappa shape index (κ3) is 5.53. The third-order valence-corrected chi connectivity index (χ3v) is 13.3. The summed E-state index contributed by atoms with van der Waals surface area (Å²) < 4.78 is 0. The topological polar surface area (TPSA) is 3.24 Å². The predicted octanol–water partition coefficient (Wildman–Crippen LogP) is 15.8. The van der Waals surface area contributed by atoms with Gasteiger partial charge in [-0.2, -0.15) is 0 Å². The zero-order chi connectivity index (χ0) is 40.4. The van der Waals surface area contributed by atoms with Gasteiger partial charge in [-0.15, -0.1) is 0 Å². The average Bonchev–Trinajstić information content (AvgIpc) is 3.71. The number of rotatable bonds is 7. The number of hydrogen-bond acceptors (Lipinski definition) is 1. The van der Waals surface area contributed by atoms with Crippen LogP contribution in [0.3, 0.4) is 0 Å². The number of nitrogens with zero attached hydrogens (tertiary/aromatic N) is 1. The van der Waals surface area contributed by atoms with E-state index in [1.807, 2.05) is 0 Å². The van der Waals surface area contributed by atoms with Crippen molar-refractivity contribution in [2.24, 2.45) is 0 Å². The summed E-state index contributed by atoms with van der Waals surface area (Å²) in [6, 6.07) is 80.7. The Hall–Kier alpha value is -7.22. The summed E-state index contributed by atoms with van der Waals surface area (Å²) in [7, 11) is 0. The molecule has 0 N–H and O–H groups in total. The van der Waals surface area contributed by atoms with Crippen LogP contribution >= 0.6 is 0 Å². The Morgan fingerprint density at radius 3 is 1.50 bits per heavy atom. The van der Waals surface area contributed by atoms with E-state index >= 15 is 0 Å². The van der Waals surface area contributed by atoms with E-state index in [1.165, 1.54) is 83.5 Å². The molecule has 0 aliphatic heterocycles. The van der Waals surface area contributed by atoms with Crippen molar-refractivity contribution in [1.82, 2.24) is 0 Å². The minimum atomic E-state index is -0.325. The van der Waals surface area contributed by atoms with Gasteiger partial charge in [0.25, 0.3) is 0 Å². The van der Waals surface area contributed by atoms with Gasteiger partial charge in [0.1, 0.15) is 0 Å². The Kier molecular flexibility index (Phi) is 8.36. The van der Waals surface area contributed by atoms with Crippen LogP contribution in [0.2, 0.25) is 0 Å². The lowest BCUT2D eigenvalue weighted by Gasteiger charge is -2.31. The first-order valence-corrected chi connectivity index (χ1v) is 21.1. The van der Waals surface area contributed by atoms with E-state index in [-0.39, 0.29) is 10.8 Å². The van der Waals surface area contributed by atoms with Gasteiger partial charge in [0.05, 0.1) is 0 Å². The molecule has 2 aliphatic carbocycles. The fourth-order valence-corrected chi connectivity index (χ4v) is 10.4. The summed E-state index contributed by atoms with van der Waals surface area (Å²) >= 11 is 0. The van der Waals surface area contributed by atoms with Crippen LogP contribution in [0, 0.1) is 0 Å². The van der Waals surface area contributed by atoms with Crippen LogP contribution in [0.5, 0.6) is 0 Å². The molecule has 2 aliphatic rings. The summed E-state index contributed by atoms with van der Waals surface area (Å²) in [6.45, 7) is 7.16. The molecule has 1 nitrogen and oxygen atoms in total. The molecule has 0 saturated heterocycles. The van der Waals surface area contributed by atoms with Crippen molar-refractivity contribution in [2.45, 2.75) is 31.6 Å². The van der Waals surface area contributed by atoms with Crippen molar-refractivity contribution in [2.75, 3.05) is 4.90 Å². The van der Waals surface area contributed by atoms with Crippen LogP contribution in [0.1, 0.15) is 48.6 Å². The maximum absolute atomic E-state index is 2.47. The number of hydrogen-bond donors (Lipinski definition) is 0. The highest BCUT2D eigenvalue weighted by molar-refractivity contribution is 5.93. The van der Waals surface area contributed by atoms with E-state index in [4.69, 9.17) is 0 Å². The smallest absolute Gasteiger partial charge is 0.0468 e. The molecular formula is C59H45N. The maximum atomic E-state index is 2.47. The quantitative estimate of drug-likeness (QED) is 0.156. The molecule has 1 heteroatoms. The second-order valence-electron chi connectivity index (χ2n) is 17.0. The molecule has 0 radical (unpaired) electrons. The zero-order valence-corrected chi connectivity index (χ0v) is 34.2. The van der Waals surface area contributed by atoms with Crippen LogP contribution in [-0.4, -0.2) is 0 Å². The van der Waals surface area contributed by atoms with E-state index in [0.29, 0.717) is 0 Å². The minimum Gasteiger partial charge on any atom is -0.310 e. The molecule has 0 saturated carbocycles. The van der Waals surface area contributed by atoms with Crippen molar-refractivity contribution in [3.63, 3.8) is 0 Å². The molecule has 0 bridgehead atoms. The van der Waals surface area contributed by atoms with E-state index in [0.717, 1.165) is 17.1 Å². The number of fused-ring (bicyclic) bond motifs is 6. The second-order valence-corrected chi connectivity index (χ2v) is 17.0. The fourth-order valence-electron chi connectivity index (χ4n) is 10.4. The summed E-state index contributed by atoms with van der Waals surface area (Å²) in [5.41, 5.74) is 22.2. The number of benzene rings is 9. The molecular weight excluding hydrogens is 723 g/mol. The van der Waals surface area contributed by atoms with Crippen molar-refractivity contribution in [3.05, 3.63) is 246 Å². The summed E-state index contributed by atoms with van der Waals surface area (Å²) in [5.74, 6) is 0. The van der Waals surface area contributed by atoms with Crippen molar-refractivity contribution < 1.29 is 0 Å². The highest BCUT2D eigenvalue weighted by Gasteiger charge is 2.41. The monoisotopic (exact) mass is 767 g/mol. The molecule has 0 spiro atoms. The Bertz CT molecular complexity index is 3070. The van der Waals surface area contributed by atoms with Gasteiger partial charge in [-0.1, -0.05) is 196 Å². The van der Waals surface area contributed by atoms with Gasteiger partial charge in [0.2, 0.25) is 0 Å². The van der Waals surface area contributed by atoms with Gasteiger partial charge in [0, 0.05) is 27.9 Å². The van der Waals surface area contributed by atoms with Gasteiger partial charge in [-0.3, -0.25) is 0 Å². The third-order valence-electron chi connectivity index (χ3n) is 13.3. The fraction of sp³-hybridized carbons (Fsp3) is 0.0847.